The van der Waals surface area contributed by atoms with Gasteiger partial charge in [-0.15, -0.1) is 0 Å². The third-order valence-corrected chi connectivity index (χ3v) is 4.05. The first-order valence-electron chi connectivity index (χ1n) is 7.93. The highest BCUT2D eigenvalue weighted by atomic mass is 16.1. The molecule has 2 aromatic carbocycles. The minimum atomic E-state index is -0.265. The zero-order chi connectivity index (χ0) is 16.7. The monoisotopic (exact) mass is 311 g/mol. The third kappa shape index (κ3) is 5.11. The molecule has 0 bridgehead atoms. The van der Waals surface area contributed by atoms with E-state index in [4.69, 9.17) is 5.73 Å². The predicted molar refractivity (Wildman–Crippen MR) is 95.3 cm³/mol. The highest BCUT2D eigenvalue weighted by Gasteiger charge is 2.14. The summed E-state index contributed by atoms with van der Waals surface area (Å²) in [5.74, 6) is -0.0188. The number of anilines is 1. The fraction of sp³-hybridized carbons (Fsp3) is 0.316. The van der Waals surface area contributed by atoms with E-state index in [-0.39, 0.29) is 18.0 Å². The van der Waals surface area contributed by atoms with E-state index < -0.39 is 0 Å². The average molecular weight is 311 g/mol. The van der Waals surface area contributed by atoms with Gasteiger partial charge in [0.1, 0.15) is 0 Å². The Morgan fingerprint density at radius 3 is 2.26 bits per heavy atom. The van der Waals surface area contributed by atoms with Crippen molar-refractivity contribution < 1.29 is 4.79 Å². The summed E-state index contributed by atoms with van der Waals surface area (Å²) in [5.41, 5.74) is 8.20. The van der Waals surface area contributed by atoms with E-state index >= 15 is 0 Å². The normalized spacial score (nSPS) is 13.2. The van der Waals surface area contributed by atoms with Crippen molar-refractivity contribution in [1.82, 2.24) is 5.32 Å². The average Bonchev–Trinajstić information content (AvgIpc) is 2.60. The largest absolute Gasteiger partial charge is 0.370 e. The number of amides is 1. The minimum absolute atomic E-state index is 0.0188. The Balaban J connectivity index is 1.80. The van der Waals surface area contributed by atoms with Crippen LogP contribution in [0.5, 0.6) is 0 Å². The minimum Gasteiger partial charge on any atom is -0.370 e. The molecule has 2 rings (SSSR count). The van der Waals surface area contributed by atoms with Crippen LogP contribution < -0.4 is 16.0 Å². The lowest BCUT2D eigenvalue weighted by atomic mass is 10.0. The second-order valence-corrected chi connectivity index (χ2v) is 5.82. The lowest BCUT2D eigenvalue weighted by Gasteiger charge is -2.27. The van der Waals surface area contributed by atoms with Crippen molar-refractivity contribution in [2.45, 2.75) is 25.4 Å². The molecule has 4 nitrogen and oxygen atoms in total. The highest BCUT2D eigenvalue weighted by molar-refractivity contribution is 5.76. The predicted octanol–water partition coefficient (Wildman–Crippen LogP) is 2.72. The Morgan fingerprint density at radius 1 is 1.09 bits per heavy atom. The van der Waals surface area contributed by atoms with Gasteiger partial charge < -0.3 is 16.0 Å². The summed E-state index contributed by atoms with van der Waals surface area (Å²) in [6.07, 6.45) is 0.297. The van der Waals surface area contributed by atoms with Gasteiger partial charge >= 0.3 is 0 Å². The van der Waals surface area contributed by atoms with Crippen LogP contribution in [0.25, 0.3) is 0 Å². The second-order valence-electron chi connectivity index (χ2n) is 5.82. The van der Waals surface area contributed by atoms with Crippen LogP contribution in [0.3, 0.4) is 0 Å². The summed E-state index contributed by atoms with van der Waals surface area (Å²) < 4.78 is 0. The van der Waals surface area contributed by atoms with Crippen molar-refractivity contribution in [2.24, 2.45) is 5.73 Å². The Kier molecular flexibility index (Phi) is 6.18. The third-order valence-electron chi connectivity index (χ3n) is 4.05. The number of hydrogen-bond acceptors (Lipinski definition) is 3. The molecule has 1 amide bonds. The summed E-state index contributed by atoms with van der Waals surface area (Å²) in [7, 11) is 2.03. The summed E-state index contributed by atoms with van der Waals surface area (Å²) in [6, 6.07) is 19.8. The van der Waals surface area contributed by atoms with Gasteiger partial charge in [0.05, 0.1) is 0 Å². The Labute approximate surface area is 138 Å². The number of rotatable bonds is 7. The number of para-hydroxylation sites is 1. The molecule has 0 aliphatic heterocycles. The smallest absolute Gasteiger partial charge is 0.221 e. The molecule has 0 heterocycles. The molecule has 2 unspecified atom stereocenters. The lowest BCUT2D eigenvalue weighted by molar-refractivity contribution is -0.121. The maximum absolute atomic E-state index is 12.1. The van der Waals surface area contributed by atoms with E-state index in [0.29, 0.717) is 13.0 Å². The molecule has 0 saturated heterocycles. The van der Waals surface area contributed by atoms with Crippen molar-refractivity contribution in [3.63, 3.8) is 0 Å². The molecule has 2 atom stereocenters. The maximum atomic E-state index is 12.1. The highest BCUT2D eigenvalue weighted by Crippen LogP contribution is 2.15. The van der Waals surface area contributed by atoms with Crippen molar-refractivity contribution >= 4 is 11.6 Å². The van der Waals surface area contributed by atoms with Gasteiger partial charge in [-0.3, -0.25) is 4.79 Å². The van der Waals surface area contributed by atoms with E-state index in [1.165, 1.54) is 0 Å². The van der Waals surface area contributed by atoms with Crippen LogP contribution in [0.1, 0.15) is 24.9 Å². The molecule has 122 valence electrons. The molecule has 0 fully saturated rings. The number of nitrogens with two attached hydrogens (primary N) is 1. The van der Waals surface area contributed by atoms with E-state index in [0.717, 1.165) is 11.3 Å². The lowest BCUT2D eigenvalue weighted by Crippen LogP contribution is -2.40. The molecule has 3 N–H and O–H groups in total. The van der Waals surface area contributed by atoms with Crippen LogP contribution >= 0.6 is 0 Å². The van der Waals surface area contributed by atoms with Gasteiger partial charge in [0.2, 0.25) is 5.91 Å². The fourth-order valence-electron chi connectivity index (χ4n) is 2.41. The Morgan fingerprint density at radius 2 is 1.65 bits per heavy atom. The van der Waals surface area contributed by atoms with Crippen LogP contribution in [0, 0.1) is 0 Å². The standard InChI is InChI=1S/C19H25N3O/c1-15(22(2)17-11-7-4-8-12-17)14-21-19(23)13-18(20)16-9-5-3-6-10-16/h3-12,15,18H,13-14,20H2,1-2H3,(H,21,23). The molecular weight excluding hydrogens is 286 g/mol. The van der Waals surface area contributed by atoms with Crippen molar-refractivity contribution in [3.8, 4) is 0 Å². The molecule has 0 aromatic heterocycles. The van der Waals surface area contributed by atoms with Gasteiger partial charge in [-0.2, -0.15) is 0 Å². The number of nitrogens with zero attached hydrogens (tertiary/aromatic N) is 1. The molecule has 23 heavy (non-hydrogen) atoms. The molecule has 2 aromatic rings. The van der Waals surface area contributed by atoms with E-state index in [2.05, 4.69) is 29.3 Å². The van der Waals surface area contributed by atoms with E-state index in [1.807, 2.05) is 55.6 Å². The number of hydrogen-bond donors (Lipinski definition) is 2. The van der Waals surface area contributed by atoms with Crippen LogP contribution in [0.4, 0.5) is 5.69 Å². The molecule has 0 aliphatic carbocycles. The first kappa shape index (κ1) is 17.0. The quantitative estimate of drug-likeness (QED) is 0.826. The topological polar surface area (TPSA) is 58.4 Å². The number of nitrogens with one attached hydrogen (secondary N) is 1. The zero-order valence-electron chi connectivity index (χ0n) is 13.8. The fourth-order valence-corrected chi connectivity index (χ4v) is 2.41. The van der Waals surface area contributed by atoms with Gasteiger partial charge in [0.15, 0.2) is 0 Å². The Hall–Kier alpha value is -2.33. The van der Waals surface area contributed by atoms with Crippen molar-refractivity contribution in [2.75, 3.05) is 18.5 Å². The second kappa shape index (κ2) is 8.34. The SMILES string of the molecule is CC(CNC(=O)CC(N)c1ccccc1)N(C)c1ccccc1. The molecule has 0 spiro atoms. The van der Waals surface area contributed by atoms with Crippen molar-refractivity contribution in [1.29, 1.82) is 0 Å². The summed E-state index contributed by atoms with van der Waals surface area (Å²) in [5, 5.41) is 2.97. The number of carbonyl (C=O) groups excluding carboxylic acids is 1. The molecule has 4 heteroatoms. The maximum Gasteiger partial charge on any atom is 0.221 e. The van der Waals surface area contributed by atoms with Gasteiger partial charge in [0.25, 0.3) is 0 Å². The van der Waals surface area contributed by atoms with Crippen LogP contribution in [0.15, 0.2) is 60.7 Å². The zero-order valence-corrected chi connectivity index (χ0v) is 13.8. The number of benzene rings is 2. The van der Waals surface area contributed by atoms with E-state index in [9.17, 15) is 4.79 Å². The summed E-state index contributed by atoms with van der Waals surface area (Å²) >= 11 is 0. The Bertz CT molecular complexity index is 601. The van der Waals surface area contributed by atoms with Crippen LogP contribution in [-0.2, 0) is 4.79 Å². The van der Waals surface area contributed by atoms with Crippen molar-refractivity contribution in [3.05, 3.63) is 66.2 Å². The molecule has 0 aliphatic rings. The van der Waals surface area contributed by atoms with E-state index in [1.54, 1.807) is 0 Å². The van der Waals surface area contributed by atoms with Gasteiger partial charge in [-0.05, 0) is 24.6 Å². The first-order chi connectivity index (χ1) is 11.1. The first-order valence-corrected chi connectivity index (χ1v) is 7.93. The number of likely N-dealkylation sites (N-methyl/N-ethyl adjacent to an activating group) is 1. The molecule has 0 saturated carbocycles. The van der Waals surface area contributed by atoms with Crippen LogP contribution in [0.2, 0.25) is 0 Å². The molecular formula is C19H25N3O. The van der Waals surface area contributed by atoms with Crippen LogP contribution in [-0.4, -0.2) is 25.5 Å². The van der Waals surface area contributed by atoms with Gasteiger partial charge in [-0.25, -0.2) is 0 Å². The number of carbonyl (C=O) groups is 1. The van der Waals surface area contributed by atoms with Gasteiger partial charge in [0, 0.05) is 37.8 Å². The van der Waals surface area contributed by atoms with Gasteiger partial charge in [-0.1, -0.05) is 48.5 Å². The summed E-state index contributed by atoms with van der Waals surface area (Å²) in [6.45, 7) is 2.68. The summed E-state index contributed by atoms with van der Waals surface area (Å²) in [4.78, 5) is 14.2. The molecule has 0 radical (unpaired) electrons.